The van der Waals surface area contributed by atoms with E-state index >= 15 is 0 Å². The minimum atomic E-state index is -3.06. The maximum Gasteiger partial charge on any atom is 0.200 e. The predicted octanol–water partition coefficient (Wildman–Crippen LogP) is 1.78. The van der Waals surface area contributed by atoms with Crippen LogP contribution in [0.25, 0.3) is 0 Å². The van der Waals surface area contributed by atoms with E-state index in [9.17, 15) is 8.42 Å². The molecule has 0 aromatic heterocycles. The average Bonchev–Trinajstić information content (AvgIpc) is 2.27. The second-order valence-corrected chi connectivity index (χ2v) is 5.05. The summed E-state index contributed by atoms with van der Waals surface area (Å²) in [7, 11) is -3.06. The minimum Gasteiger partial charge on any atom is -0.219 e. The third-order valence-corrected chi connectivity index (χ3v) is 3.67. The van der Waals surface area contributed by atoms with Crippen molar-refractivity contribution in [2.75, 3.05) is 0 Å². The monoisotopic (exact) mass is 182 g/mol. The molecule has 2 nitrogen and oxygen atoms in total. The van der Waals surface area contributed by atoms with Crippen molar-refractivity contribution in [3.05, 3.63) is 34.1 Å². The highest BCUT2D eigenvalue weighted by molar-refractivity contribution is 7.98. The molecule has 12 heavy (non-hydrogen) atoms. The van der Waals surface area contributed by atoms with Crippen LogP contribution in [0.15, 0.2) is 34.1 Å². The maximum atomic E-state index is 11.3. The minimum absolute atomic E-state index is 0.460. The van der Waals surface area contributed by atoms with Crippen LogP contribution in [-0.2, 0) is 9.84 Å². The van der Waals surface area contributed by atoms with Crippen LogP contribution >= 0.6 is 0 Å². The van der Waals surface area contributed by atoms with E-state index in [0.717, 1.165) is 12.0 Å². The first kappa shape index (κ1) is 7.80. The van der Waals surface area contributed by atoms with Gasteiger partial charge in [-0.05, 0) is 24.0 Å². The van der Waals surface area contributed by atoms with Gasteiger partial charge < -0.3 is 0 Å². The first-order valence-corrected chi connectivity index (χ1v) is 5.50. The molecule has 0 aromatic carbocycles. The number of sulfone groups is 1. The summed E-state index contributed by atoms with van der Waals surface area (Å²) in [6.07, 6.45) is 6.34. The summed E-state index contributed by atoms with van der Waals surface area (Å²) >= 11 is 0. The Kier molecular flexibility index (Phi) is 1.51. The third-order valence-electron chi connectivity index (χ3n) is 2.16. The van der Waals surface area contributed by atoms with E-state index in [4.69, 9.17) is 0 Å². The smallest absolute Gasteiger partial charge is 0.200 e. The van der Waals surface area contributed by atoms with Crippen molar-refractivity contribution < 1.29 is 8.42 Å². The van der Waals surface area contributed by atoms with Gasteiger partial charge in [0.25, 0.3) is 0 Å². The molecule has 2 aliphatic rings. The lowest BCUT2D eigenvalue weighted by Gasteiger charge is -2.11. The van der Waals surface area contributed by atoms with E-state index in [1.54, 1.807) is 6.08 Å². The second kappa shape index (κ2) is 2.33. The van der Waals surface area contributed by atoms with E-state index in [-0.39, 0.29) is 0 Å². The molecule has 1 aliphatic heterocycles. The fourth-order valence-electron chi connectivity index (χ4n) is 1.52. The van der Waals surface area contributed by atoms with Crippen molar-refractivity contribution in [1.82, 2.24) is 0 Å². The van der Waals surface area contributed by atoms with Crippen LogP contribution in [0.2, 0.25) is 0 Å². The topological polar surface area (TPSA) is 34.1 Å². The fraction of sp³-hybridized carbons (Fsp3) is 0.333. The van der Waals surface area contributed by atoms with Gasteiger partial charge in [0.15, 0.2) is 9.84 Å². The Morgan fingerprint density at radius 3 is 3.00 bits per heavy atom. The van der Waals surface area contributed by atoms with E-state index < -0.39 is 9.84 Å². The molecule has 0 saturated carbocycles. The molecular weight excluding hydrogens is 172 g/mol. The van der Waals surface area contributed by atoms with Gasteiger partial charge >= 0.3 is 0 Å². The molecule has 0 radical (unpaired) electrons. The first-order chi connectivity index (χ1) is 5.59. The molecular formula is C9H10O2S. The largest absolute Gasteiger partial charge is 0.219 e. The summed E-state index contributed by atoms with van der Waals surface area (Å²) in [5.41, 5.74) is 0.869. The van der Waals surface area contributed by atoms with Gasteiger partial charge in [0, 0.05) is 5.41 Å². The summed E-state index contributed by atoms with van der Waals surface area (Å²) in [6.45, 7) is 2.08. The van der Waals surface area contributed by atoms with Crippen molar-refractivity contribution >= 4 is 9.84 Å². The highest BCUT2D eigenvalue weighted by Crippen LogP contribution is 2.33. The average molecular weight is 182 g/mol. The second-order valence-electron chi connectivity index (χ2n) is 3.25. The zero-order chi connectivity index (χ0) is 8.77. The number of hydrogen-bond acceptors (Lipinski definition) is 2. The molecule has 2 rings (SSSR count). The number of rotatable bonds is 0. The van der Waals surface area contributed by atoms with E-state index in [1.807, 2.05) is 12.2 Å². The summed E-state index contributed by atoms with van der Waals surface area (Å²) < 4.78 is 22.6. The van der Waals surface area contributed by atoms with E-state index in [0.29, 0.717) is 10.8 Å². The van der Waals surface area contributed by atoms with Crippen molar-refractivity contribution in [1.29, 1.82) is 0 Å². The number of hydrogen-bond donors (Lipinski definition) is 0. The van der Waals surface area contributed by atoms with Crippen molar-refractivity contribution in [2.24, 2.45) is 5.92 Å². The molecule has 1 aliphatic carbocycles. The van der Waals surface area contributed by atoms with Crippen LogP contribution < -0.4 is 0 Å². The van der Waals surface area contributed by atoms with Gasteiger partial charge in [0.1, 0.15) is 0 Å². The van der Waals surface area contributed by atoms with E-state index in [1.165, 1.54) is 5.41 Å². The van der Waals surface area contributed by atoms with Crippen molar-refractivity contribution in [3.63, 3.8) is 0 Å². The van der Waals surface area contributed by atoms with Crippen LogP contribution in [0, 0.1) is 5.92 Å². The molecule has 1 heterocycles. The first-order valence-electron chi connectivity index (χ1n) is 3.95. The van der Waals surface area contributed by atoms with Gasteiger partial charge in [0.05, 0.1) is 4.91 Å². The summed E-state index contributed by atoms with van der Waals surface area (Å²) in [5, 5.41) is 1.28. The van der Waals surface area contributed by atoms with Gasteiger partial charge in [-0.3, -0.25) is 0 Å². The van der Waals surface area contributed by atoms with Crippen LogP contribution in [-0.4, -0.2) is 8.42 Å². The van der Waals surface area contributed by atoms with Crippen LogP contribution in [0.3, 0.4) is 0 Å². The number of allylic oxidation sites excluding steroid dienone is 4. The number of fused-ring (bicyclic) bond motifs is 1. The Hall–Kier alpha value is -0.830. The third kappa shape index (κ3) is 1.05. The summed E-state index contributed by atoms with van der Waals surface area (Å²) in [5.74, 6) is 0.460. The molecule has 0 saturated heterocycles. The van der Waals surface area contributed by atoms with Crippen LogP contribution in [0.5, 0.6) is 0 Å². The van der Waals surface area contributed by atoms with Gasteiger partial charge in [-0.25, -0.2) is 8.42 Å². The maximum absolute atomic E-state index is 11.3. The molecule has 1 atom stereocenters. The van der Waals surface area contributed by atoms with Gasteiger partial charge in [-0.1, -0.05) is 19.1 Å². The quantitative estimate of drug-likeness (QED) is 0.572. The highest BCUT2D eigenvalue weighted by Gasteiger charge is 2.25. The molecule has 0 fully saturated rings. The molecule has 0 unspecified atom stereocenters. The lowest BCUT2D eigenvalue weighted by atomic mass is 9.98. The lowest BCUT2D eigenvalue weighted by Crippen LogP contribution is -2.02. The molecule has 0 aromatic rings. The zero-order valence-electron chi connectivity index (χ0n) is 6.82. The summed E-state index contributed by atoms with van der Waals surface area (Å²) in [6, 6.07) is 0. The van der Waals surface area contributed by atoms with Crippen LogP contribution in [0.4, 0.5) is 0 Å². The van der Waals surface area contributed by atoms with Gasteiger partial charge in [-0.15, -0.1) is 0 Å². The highest BCUT2D eigenvalue weighted by atomic mass is 32.2. The lowest BCUT2D eigenvalue weighted by molar-refractivity contribution is 0.610. The SMILES string of the molecule is C[C@@H]1C=C2C=CS(=O)(=O)C2=CC1. The molecule has 0 amide bonds. The van der Waals surface area contributed by atoms with E-state index in [2.05, 4.69) is 6.92 Å². The normalized spacial score (nSPS) is 30.9. The molecule has 64 valence electrons. The molecule has 0 bridgehead atoms. The van der Waals surface area contributed by atoms with Crippen LogP contribution in [0.1, 0.15) is 13.3 Å². The Bertz CT molecular complexity index is 396. The molecule has 0 N–H and O–H groups in total. The zero-order valence-corrected chi connectivity index (χ0v) is 7.64. The van der Waals surface area contributed by atoms with Gasteiger partial charge in [0.2, 0.25) is 0 Å². The predicted molar refractivity (Wildman–Crippen MR) is 48.0 cm³/mol. The van der Waals surface area contributed by atoms with Crippen molar-refractivity contribution in [3.8, 4) is 0 Å². The molecule has 0 spiro atoms. The van der Waals surface area contributed by atoms with Crippen molar-refractivity contribution in [2.45, 2.75) is 13.3 Å². The van der Waals surface area contributed by atoms with Gasteiger partial charge in [-0.2, -0.15) is 0 Å². The Balaban J connectivity index is 2.54. The standard InChI is InChI=1S/C9H10O2S/c1-7-2-3-9-8(6-7)4-5-12(9,10)11/h3-7H,2H2,1H3/t7-/m0/s1. The summed E-state index contributed by atoms with van der Waals surface area (Å²) in [4.78, 5) is 0.501. The Labute approximate surface area is 72.2 Å². The fourth-order valence-corrected chi connectivity index (χ4v) is 2.79. The Morgan fingerprint density at radius 1 is 1.50 bits per heavy atom. The molecule has 3 heteroatoms. The Morgan fingerprint density at radius 2 is 2.25 bits per heavy atom.